The number of benzene rings is 1. The van der Waals surface area contributed by atoms with E-state index >= 15 is 0 Å². The summed E-state index contributed by atoms with van der Waals surface area (Å²) in [5, 5.41) is 0. The van der Waals surface area contributed by atoms with Gasteiger partial charge in [-0.15, -0.1) is 0 Å². The first-order valence-corrected chi connectivity index (χ1v) is 8.07. The molecule has 1 aromatic rings. The van der Waals surface area contributed by atoms with Crippen molar-refractivity contribution < 1.29 is 0 Å². The molecule has 0 spiro atoms. The van der Waals surface area contributed by atoms with Crippen LogP contribution in [0.3, 0.4) is 0 Å². The Morgan fingerprint density at radius 3 is 2.57 bits per heavy atom. The van der Waals surface area contributed by atoms with E-state index in [2.05, 4.69) is 70.2 Å². The highest BCUT2D eigenvalue weighted by molar-refractivity contribution is 5.30. The van der Waals surface area contributed by atoms with Gasteiger partial charge in [-0.2, -0.15) is 0 Å². The van der Waals surface area contributed by atoms with Crippen LogP contribution in [-0.4, -0.2) is 6.54 Å². The van der Waals surface area contributed by atoms with E-state index in [0.717, 1.165) is 31.5 Å². The minimum Gasteiger partial charge on any atom is -0.326 e. The van der Waals surface area contributed by atoms with E-state index in [0.29, 0.717) is 5.41 Å². The molecule has 0 saturated heterocycles. The molecular formula is C19H32N2. The summed E-state index contributed by atoms with van der Waals surface area (Å²) in [4.78, 5) is 0. The van der Waals surface area contributed by atoms with Crippen molar-refractivity contribution in [3.63, 3.8) is 0 Å². The van der Waals surface area contributed by atoms with Crippen LogP contribution in [0.1, 0.15) is 56.7 Å². The van der Waals surface area contributed by atoms with Gasteiger partial charge in [-0.1, -0.05) is 57.5 Å². The number of allylic oxidation sites excluding steroid dienone is 1. The predicted octanol–water partition coefficient (Wildman–Crippen LogP) is 4.67. The summed E-state index contributed by atoms with van der Waals surface area (Å²) in [5.74, 6) is 0. The second-order valence-electron chi connectivity index (χ2n) is 6.88. The van der Waals surface area contributed by atoms with Gasteiger partial charge in [0.25, 0.3) is 0 Å². The van der Waals surface area contributed by atoms with Gasteiger partial charge in [-0.25, -0.2) is 5.43 Å². The average Bonchev–Trinajstić information content (AvgIpc) is 2.40. The largest absolute Gasteiger partial charge is 0.326 e. The van der Waals surface area contributed by atoms with Gasteiger partial charge in [0.1, 0.15) is 0 Å². The maximum Gasteiger partial charge on any atom is 0.0195 e. The van der Waals surface area contributed by atoms with E-state index in [9.17, 15) is 0 Å². The van der Waals surface area contributed by atoms with E-state index in [1.807, 2.05) is 0 Å². The molecule has 0 aliphatic carbocycles. The van der Waals surface area contributed by atoms with Gasteiger partial charge in [-0.05, 0) is 49.7 Å². The minimum atomic E-state index is 0.324. The molecule has 0 amide bonds. The lowest BCUT2D eigenvalue weighted by molar-refractivity contribution is 0.335. The quantitative estimate of drug-likeness (QED) is 0.509. The number of hydrogen-bond donors (Lipinski definition) is 2. The predicted molar refractivity (Wildman–Crippen MR) is 93.2 cm³/mol. The van der Waals surface area contributed by atoms with Crippen LogP contribution in [0.4, 0.5) is 0 Å². The molecule has 0 saturated carbocycles. The second kappa shape index (κ2) is 8.23. The molecule has 1 aromatic carbocycles. The van der Waals surface area contributed by atoms with E-state index in [4.69, 9.17) is 0 Å². The lowest BCUT2D eigenvalue weighted by atomic mass is 9.85. The smallest absolute Gasteiger partial charge is 0.0195 e. The highest BCUT2D eigenvalue weighted by atomic mass is 15.4. The third kappa shape index (κ3) is 6.81. The van der Waals surface area contributed by atoms with E-state index in [-0.39, 0.29) is 0 Å². The molecule has 0 aliphatic rings. The van der Waals surface area contributed by atoms with Crippen molar-refractivity contribution in [2.75, 3.05) is 6.54 Å². The van der Waals surface area contributed by atoms with Crippen molar-refractivity contribution in [1.29, 1.82) is 0 Å². The second-order valence-corrected chi connectivity index (χ2v) is 6.88. The van der Waals surface area contributed by atoms with E-state index in [1.165, 1.54) is 23.1 Å². The molecule has 0 fully saturated rings. The standard InChI is InChI=1S/C19H32N2/c1-7-19(5,6)14-17(4)21-20-12-8-9-18-11-10-15(2)13-16(18)3/h10-11,13,20-21H,4,7-9,12,14H2,1-3,5-6H3. The van der Waals surface area contributed by atoms with Crippen LogP contribution < -0.4 is 10.9 Å². The molecule has 2 heteroatoms. The molecule has 0 aromatic heterocycles. The lowest BCUT2D eigenvalue weighted by Crippen LogP contribution is -2.33. The summed E-state index contributed by atoms with van der Waals surface area (Å²) in [5.41, 5.74) is 12.1. The zero-order chi connectivity index (χ0) is 15.9. The number of nitrogens with one attached hydrogen (secondary N) is 2. The Bertz CT molecular complexity index is 461. The summed E-state index contributed by atoms with van der Waals surface area (Å²) < 4.78 is 0. The minimum absolute atomic E-state index is 0.324. The van der Waals surface area contributed by atoms with Crippen molar-refractivity contribution in [2.24, 2.45) is 5.41 Å². The number of aryl methyl sites for hydroxylation is 3. The monoisotopic (exact) mass is 288 g/mol. The highest BCUT2D eigenvalue weighted by Crippen LogP contribution is 2.26. The van der Waals surface area contributed by atoms with Crippen molar-refractivity contribution in [2.45, 2.75) is 60.3 Å². The van der Waals surface area contributed by atoms with Crippen LogP contribution in [0.2, 0.25) is 0 Å². The van der Waals surface area contributed by atoms with Crippen molar-refractivity contribution in [3.8, 4) is 0 Å². The SMILES string of the molecule is C=C(CC(C)(C)CC)NNCCCc1ccc(C)cc1C. The number of rotatable bonds is 9. The first-order valence-electron chi connectivity index (χ1n) is 8.07. The van der Waals surface area contributed by atoms with Crippen LogP contribution in [0, 0.1) is 19.3 Å². The first kappa shape index (κ1) is 17.8. The summed E-state index contributed by atoms with van der Waals surface area (Å²) in [6, 6.07) is 6.71. The zero-order valence-corrected chi connectivity index (χ0v) is 14.5. The normalized spacial score (nSPS) is 11.5. The number of hydrazine groups is 1. The van der Waals surface area contributed by atoms with Crippen LogP contribution in [0.5, 0.6) is 0 Å². The summed E-state index contributed by atoms with van der Waals surface area (Å²) >= 11 is 0. The highest BCUT2D eigenvalue weighted by Gasteiger charge is 2.15. The maximum atomic E-state index is 4.09. The molecule has 21 heavy (non-hydrogen) atoms. The number of hydrogen-bond acceptors (Lipinski definition) is 2. The Morgan fingerprint density at radius 2 is 1.95 bits per heavy atom. The molecule has 0 radical (unpaired) electrons. The fourth-order valence-electron chi connectivity index (χ4n) is 2.43. The van der Waals surface area contributed by atoms with Crippen LogP contribution in [0.15, 0.2) is 30.5 Å². The fraction of sp³-hybridized carbons (Fsp3) is 0.579. The van der Waals surface area contributed by atoms with Crippen molar-refractivity contribution in [1.82, 2.24) is 10.9 Å². The van der Waals surface area contributed by atoms with Gasteiger partial charge < -0.3 is 5.43 Å². The Hall–Kier alpha value is -1.28. The van der Waals surface area contributed by atoms with Gasteiger partial charge in [0.05, 0.1) is 0 Å². The third-order valence-corrected chi connectivity index (χ3v) is 4.16. The lowest BCUT2D eigenvalue weighted by Gasteiger charge is -2.24. The molecule has 0 heterocycles. The Labute approximate surface area is 131 Å². The summed E-state index contributed by atoms with van der Waals surface area (Å²) in [6.07, 6.45) is 4.42. The summed E-state index contributed by atoms with van der Waals surface area (Å²) in [7, 11) is 0. The van der Waals surface area contributed by atoms with Gasteiger partial charge in [0.15, 0.2) is 0 Å². The zero-order valence-electron chi connectivity index (χ0n) is 14.5. The topological polar surface area (TPSA) is 24.1 Å². The molecule has 2 nitrogen and oxygen atoms in total. The molecular weight excluding hydrogens is 256 g/mol. The summed E-state index contributed by atoms with van der Waals surface area (Å²) in [6.45, 7) is 16.2. The Balaban J connectivity index is 2.21. The maximum absolute atomic E-state index is 4.09. The Kier molecular flexibility index (Phi) is 6.97. The van der Waals surface area contributed by atoms with Crippen LogP contribution >= 0.6 is 0 Å². The van der Waals surface area contributed by atoms with Gasteiger partial charge in [0.2, 0.25) is 0 Å². The molecule has 1 rings (SSSR count). The van der Waals surface area contributed by atoms with Crippen LogP contribution in [-0.2, 0) is 6.42 Å². The molecule has 0 unspecified atom stereocenters. The van der Waals surface area contributed by atoms with Gasteiger partial charge in [-0.3, -0.25) is 0 Å². The molecule has 0 aliphatic heterocycles. The molecule has 2 N–H and O–H groups in total. The molecule has 118 valence electrons. The van der Waals surface area contributed by atoms with Crippen molar-refractivity contribution >= 4 is 0 Å². The van der Waals surface area contributed by atoms with Crippen LogP contribution in [0.25, 0.3) is 0 Å². The average molecular weight is 288 g/mol. The molecule has 0 bridgehead atoms. The fourth-order valence-corrected chi connectivity index (χ4v) is 2.43. The van der Waals surface area contributed by atoms with Crippen molar-refractivity contribution in [3.05, 3.63) is 47.2 Å². The van der Waals surface area contributed by atoms with Gasteiger partial charge >= 0.3 is 0 Å². The Morgan fingerprint density at radius 1 is 1.24 bits per heavy atom. The van der Waals surface area contributed by atoms with E-state index in [1.54, 1.807) is 0 Å². The first-order chi connectivity index (χ1) is 9.84. The van der Waals surface area contributed by atoms with Gasteiger partial charge in [0, 0.05) is 12.2 Å². The van der Waals surface area contributed by atoms with E-state index < -0.39 is 0 Å². The third-order valence-electron chi connectivity index (χ3n) is 4.16. The molecule has 0 atom stereocenters.